The van der Waals surface area contributed by atoms with Crippen molar-refractivity contribution in [3.63, 3.8) is 0 Å². The fourth-order valence-electron chi connectivity index (χ4n) is 4.23. The van der Waals surface area contributed by atoms with Crippen molar-refractivity contribution < 1.29 is 9.90 Å². The number of carbonyl (C=O) groups excluding carboxylic acids is 1. The maximum atomic E-state index is 12.3. The highest BCUT2D eigenvalue weighted by molar-refractivity contribution is 5.74. The third-order valence-corrected chi connectivity index (χ3v) is 5.51. The number of aliphatic hydroxyl groups is 1. The number of nitrogens with zero attached hydrogens (tertiary/aromatic N) is 2. The quantitative estimate of drug-likeness (QED) is 0.867. The normalized spacial score (nSPS) is 26.8. The fourth-order valence-corrected chi connectivity index (χ4v) is 4.23. The predicted octanol–water partition coefficient (Wildman–Crippen LogP) is 1.92. The lowest BCUT2D eigenvalue weighted by atomic mass is 9.78. The molecule has 0 spiro atoms. The van der Waals surface area contributed by atoms with Crippen LogP contribution in [0.3, 0.4) is 0 Å². The van der Waals surface area contributed by atoms with E-state index in [9.17, 15) is 4.79 Å². The van der Waals surface area contributed by atoms with Crippen molar-refractivity contribution in [2.75, 3.05) is 33.3 Å². The molecule has 2 fully saturated rings. The standard InChI is InChI=1S/C19H29N3O2/c1-21(10-11-23)19(24)20-18-9-5-8-16-13-22(14-17(16)18)12-15-6-3-2-4-7-15/h2-4,6-7,16-18,23H,5,8-14H2,1H3,(H,20,24)/t16-,17+,18+/m0/s1. The fraction of sp³-hybridized carbons (Fsp3) is 0.632. The number of likely N-dealkylation sites (N-methyl/N-ethyl adjacent to an activating group) is 1. The summed E-state index contributed by atoms with van der Waals surface area (Å²) < 4.78 is 0. The smallest absolute Gasteiger partial charge is 0.317 e. The Balaban J connectivity index is 1.58. The Morgan fingerprint density at radius 1 is 1.29 bits per heavy atom. The summed E-state index contributed by atoms with van der Waals surface area (Å²) in [4.78, 5) is 16.4. The lowest BCUT2D eigenvalue weighted by molar-refractivity contribution is 0.169. The van der Waals surface area contributed by atoms with E-state index in [0.29, 0.717) is 18.4 Å². The first kappa shape index (κ1) is 17.2. The van der Waals surface area contributed by atoms with Crippen LogP contribution in [-0.2, 0) is 6.54 Å². The van der Waals surface area contributed by atoms with Crippen LogP contribution in [-0.4, -0.2) is 60.3 Å². The van der Waals surface area contributed by atoms with Crippen molar-refractivity contribution in [1.82, 2.24) is 15.1 Å². The summed E-state index contributed by atoms with van der Waals surface area (Å²) in [6.07, 6.45) is 3.53. The van der Waals surface area contributed by atoms with Crippen LogP contribution in [0.2, 0.25) is 0 Å². The molecule has 3 rings (SSSR count). The highest BCUT2D eigenvalue weighted by Crippen LogP contribution is 2.37. The molecule has 132 valence electrons. The molecule has 0 aromatic heterocycles. The van der Waals surface area contributed by atoms with Gasteiger partial charge in [-0.05, 0) is 30.2 Å². The molecule has 0 radical (unpaired) electrons. The molecule has 1 saturated heterocycles. The first-order chi connectivity index (χ1) is 11.7. The maximum absolute atomic E-state index is 12.3. The van der Waals surface area contributed by atoms with Gasteiger partial charge < -0.3 is 15.3 Å². The first-order valence-corrected chi connectivity index (χ1v) is 9.06. The molecule has 1 aromatic rings. The average Bonchev–Trinajstić information content (AvgIpc) is 2.99. The van der Waals surface area contributed by atoms with Gasteiger partial charge in [0.25, 0.3) is 0 Å². The van der Waals surface area contributed by atoms with Gasteiger partial charge in [-0.25, -0.2) is 4.79 Å². The van der Waals surface area contributed by atoms with Crippen LogP contribution in [0.25, 0.3) is 0 Å². The van der Waals surface area contributed by atoms with E-state index in [-0.39, 0.29) is 18.7 Å². The molecule has 1 heterocycles. The van der Waals surface area contributed by atoms with Gasteiger partial charge in [0.1, 0.15) is 0 Å². The molecule has 24 heavy (non-hydrogen) atoms. The number of amides is 2. The summed E-state index contributed by atoms with van der Waals surface area (Å²) in [6.45, 7) is 3.59. The Hall–Kier alpha value is -1.59. The molecule has 1 aliphatic carbocycles. The highest BCUT2D eigenvalue weighted by atomic mass is 16.3. The lowest BCUT2D eigenvalue weighted by Gasteiger charge is -2.34. The van der Waals surface area contributed by atoms with Crippen LogP contribution in [0.15, 0.2) is 30.3 Å². The molecule has 5 nitrogen and oxygen atoms in total. The van der Waals surface area contributed by atoms with E-state index >= 15 is 0 Å². The van der Waals surface area contributed by atoms with Gasteiger partial charge >= 0.3 is 6.03 Å². The van der Waals surface area contributed by atoms with Crippen LogP contribution in [0.4, 0.5) is 4.79 Å². The van der Waals surface area contributed by atoms with Crippen LogP contribution >= 0.6 is 0 Å². The van der Waals surface area contributed by atoms with Crippen LogP contribution in [0, 0.1) is 11.8 Å². The summed E-state index contributed by atoms with van der Waals surface area (Å²) in [7, 11) is 1.74. The van der Waals surface area contributed by atoms with Gasteiger partial charge in [-0.3, -0.25) is 4.90 Å². The number of fused-ring (bicyclic) bond motifs is 1. The van der Waals surface area contributed by atoms with Gasteiger partial charge in [0.05, 0.1) is 6.61 Å². The van der Waals surface area contributed by atoms with E-state index in [2.05, 4.69) is 40.5 Å². The molecule has 3 atom stereocenters. The zero-order valence-corrected chi connectivity index (χ0v) is 14.5. The second-order valence-corrected chi connectivity index (χ2v) is 7.24. The van der Waals surface area contributed by atoms with Crippen molar-refractivity contribution in [2.45, 2.75) is 31.8 Å². The van der Waals surface area contributed by atoms with Gasteiger partial charge in [0.2, 0.25) is 0 Å². The van der Waals surface area contributed by atoms with Crippen LogP contribution in [0.5, 0.6) is 0 Å². The number of carbonyl (C=O) groups is 1. The molecule has 2 amide bonds. The average molecular weight is 331 g/mol. The monoisotopic (exact) mass is 331 g/mol. The van der Waals surface area contributed by atoms with Gasteiger partial charge in [-0.15, -0.1) is 0 Å². The number of nitrogens with one attached hydrogen (secondary N) is 1. The van der Waals surface area contributed by atoms with E-state index < -0.39 is 0 Å². The van der Waals surface area contributed by atoms with Crippen molar-refractivity contribution >= 4 is 6.03 Å². The number of urea groups is 1. The summed E-state index contributed by atoms with van der Waals surface area (Å²) in [6, 6.07) is 10.8. The van der Waals surface area contributed by atoms with Crippen LogP contribution < -0.4 is 5.32 Å². The third kappa shape index (κ3) is 4.08. The topological polar surface area (TPSA) is 55.8 Å². The Labute approximate surface area is 144 Å². The Morgan fingerprint density at radius 3 is 2.83 bits per heavy atom. The maximum Gasteiger partial charge on any atom is 0.317 e. The number of rotatable bonds is 5. The largest absolute Gasteiger partial charge is 0.395 e. The van der Waals surface area contributed by atoms with E-state index in [1.165, 1.54) is 18.4 Å². The van der Waals surface area contributed by atoms with Gasteiger partial charge in [-0.1, -0.05) is 36.8 Å². The zero-order chi connectivity index (χ0) is 16.9. The van der Waals surface area contributed by atoms with Crippen LogP contribution in [0.1, 0.15) is 24.8 Å². The van der Waals surface area contributed by atoms with Crippen molar-refractivity contribution in [3.8, 4) is 0 Å². The number of hydrogen-bond donors (Lipinski definition) is 2. The van der Waals surface area contributed by atoms with Gasteiger partial charge in [0.15, 0.2) is 0 Å². The zero-order valence-electron chi connectivity index (χ0n) is 14.5. The Bertz CT molecular complexity index is 537. The van der Waals surface area contributed by atoms with Crippen molar-refractivity contribution in [2.24, 2.45) is 11.8 Å². The van der Waals surface area contributed by atoms with E-state index in [1.54, 1.807) is 11.9 Å². The van der Waals surface area contributed by atoms with E-state index in [4.69, 9.17) is 5.11 Å². The second kappa shape index (κ2) is 7.99. The summed E-state index contributed by atoms with van der Waals surface area (Å²) >= 11 is 0. The molecule has 2 aliphatic rings. The molecule has 0 bridgehead atoms. The number of aliphatic hydroxyl groups excluding tert-OH is 1. The summed E-state index contributed by atoms with van der Waals surface area (Å²) in [5, 5.41) is 12.2. The molecule has 1 aliphatic heterocycles. The minimum absolute atomic E-state index is 0.00545. The molecule has 1 aromatic carbocycles. The van der Waals surface area contributed by atoms with E-state index in [0.717, 1.165) is 26.1 Å². The van der Waals surface area contributed by atoms with Gasteiger partial charge in [-0.2, -0.15) is 0 Å². The minimum Gasteiger partial charge on any atom is -0.395 e. The number of benzene rings is 1. The highest BCUT2D eigenvalue weighted by Gasteiger charge is 2.40. The molecule has 2 N–H and O–H groups in total. The Kier molecular flexibility index (Phi) is 5.74. The summed E-state index contributed by atoms with van der Waals surface area (Å²) in [5.41, 5.74) is 1.36. The van der Waals surface area contributed by atoms with Gasteiger partial charge in [0, 0.05) is 39.3 Å². The molecular weight excluding hydrogens is 302 g/mol. The SMILES string of the molecule is CN(CCO)C(=O)N[C@@H]1CCC[C@H]2CN(Cc3ccccc3)C[C@H]21. The molecular formula is C19H29N3O2. The van der Waals surface area contributed by atoms with Crippen molar-refractivity contribution in [1.29, 1.82) is 0 Å². The van der Waals surface area contributed by atoms with Crippen molar-refractivity contribution in [3.05, 3.63) is 35.9 Å². The number of hydrogen-bond acceptors (Lipinski definition) is 3. The molecule has 0 unspecified atom stereocenters. The molecule has 5 heteroatoms. The molecule has 1 saturated carbocycles. The first-order valence-electron chi connectivity index (χ1n) is 9.06. The summed E-state index contributed by atoms with van der Waals surface area (Å²) in [5.74, 6) is 1.24. The lowest BCUT2D eigenvalue weighted by Crippen LogP contribution is -2.49. The van der Waals surface area contributed by atoms with E-state index in [1.807, 2.05) is 0 Å². The minimum atomic E-state index is -0.0591. The Morgan fingerprint density at radius 2 is 2.08 bits per heavy atom. The number of likely N-dealkylation sites (tertiary alicyclic amines) is 1. The third-order valence-electron chi connectivity index (χ3n) is 5.51. The second-order valence-electron chi connectivity index (χ2n) is 7.24. The predicted molar refractivity (Wildman–Crippen MR) is 94.6 cm³/mol.